The van der Waals surface area contributed by atoms with E-state index in [0.717, 1.165) is 56.5 Å². The number of pyridine rings is 1. The lowest BCUT2D eigenvalue weighted by atomic mass is 10.1. The number of likely N-dealkylation sites (tertiary alicyclic amines) is 1. The minimum Gasteiger partial charge on any atom is -0.396 e. The Kier molecular flexibility index (Phi) is 6.27. The lowest BCUT2D eigenvalue weighted by Gasteiger charge is -2.24. The summed E-state index contributed by atoms with van der Waals surface area (Å²) in [5.41, 5.74) is 2.33. The van der Waals surface area contributed by atoms with Crippen LogP contribution in [0, 0.1) is 0 Å². The molecular formula is C20H30N4O2. The summed E-state index contributed by atoms with van der Waals surface area (Å²) < 4.78 is 2.04. The zero-order valence-corrected chi connectivity index (χ0v) is 15.9. The molecule has 2 aromatic rings. The van der Waals surface area contributed by atoms with Crippen molar-refractivity contribution in [2.24, 2.45) is 0 Å². The first-order valence-electron chi connectivity index (χ1n) is 9.72. The van der Waals surface area contributed by atoms with Gasteiger partial charge in [-0.1, -0.05) is 19.4 Å². The highest BCUT2D eigenvalue weighted by Gasteiger charge is 2.28. The normalized spacial score (nSPS) is 17.9. The number of aliphatic hydroxyl groups excluding tert-OH is 1. The molecule has 3 heterocycles. The number of amides is 1. The number of hydrogen-bond acceptors (Lipinski definition) is 4. The molecule has 0 saturated carbocycles. The smallest absolute Gasteiger partial charge is 0.274 e. The molecular weight excluding hydrogens is 328 g/mol. The first-order chi connectivity index (χ1) is 12.7. The fraction of sp³-hybridized carbons (Fsp3) is 0.600. The van der Waals surface area contributed by atoms with E-state index in [1.807, 2.05) is 35.8 Å². The monoisotopic (exact) mass is 358 g/mol. The van der Waals surface area contributed by atoms with E-state index in [0.29, 0.717) is 18.3 Å². The summed E-state index contributed by atoms with van der Waals surface area (Å²) in [6, 6.07) is 6.25. The molecule has 0 radical (unpaired) electrons. The Hall–Kier alpha value is -1.92. The van der Waals surface area contributed by atoms with E-state index in [1.165, 1.54) is 0 Å². The molecule has 6 heteroatoms. The van der Waals surface area contributed by atoms with Crippen LogP contribution in [0.4, 0.5) is 0 Å². The minimum absolute atomic E-state index is 0.00458. The standard InChI is InChI=1S/C20H30N4O2/c1-3-4-11-22(2)20(26)19-17(24-13-6-5-9-18(24)21-19)15-23-12-7-8-16(23)10-14-25/h5-6,9,13,16,25H,3-4,7-8,10-12,14-15H2,1-2H3/t16-/m0/s1. The van der Waals surface area contributed by atoms with E-state index in [2.05, 4.69) is 16.8 Å². The van der Waals surface area contributed by atoms with E-state index in [-0.39, 0.29) is 12.5 Å². The highest BCUT2D eigenvalue weighted by atomic mass is 16.3. The van der Waals surface area contributed by atoms with Gasteiger partial charge in [-0.05, 0) is 44.4 Å². The molecule has 0 spiro atoms. The fourth-order valence-corrected chi connectivity index (χ4v) is 3.82. The van der Waals surface area contributed by atoms with Gasteiger partial charge in [-0.25, -0.2) is 4.98 Å². The fourth-order valence-electron chi connectivity index (χ4n) is 3.82. The van der Waals surface area contributed by atoms with Crippen LogP contribution >= 0.6 is 0 Å². The van der Waals surface area contributed by atoms with E-state index >= 15 is 0 Å². The molecule has 1 N–H and O–H groups in total. The summed E-state index contributed by atoms with van der Waals surface area (Å²) in [6.07, 6.45) is 7.08. The molecule has 0 aromatic carbocycles. The zero-order chi connectivity index (χ0) is 18.5. The van der Waals surface area contributed by atoms with Crippen molar-refractivity contribution in [2.75, 3.05) is 26.7 Å². The van der Waals surface area contributed by atoms with Crippen LogP contribution in [0.2, 0.25) is 0 Å². The van der Waals surface area contributed by atoms with E-state index in [9.17, 15) is 9.90 Å². The number of carbonyl (C=O) groups excluding carboxylic acids is 1. The number of aliphatic hydroxyl groups is 1. The van der Waals surface area contributed by atoms with Crippen LogP contribution in [0.1, 0.15) is 55.2 Å². The van der Waals surface area contributed by atoms with Crippen molar-refractivity contribution in [2.45, 2.75) is 51.6 Å². The Bertz CT molecular complexity index is 742. The Morgan fingerprint density at radius 1 is 1.42 bits per heavy atom. The number of carbonyl (C=O) groups is 1. The molecule has 1 fully saturated rings. The Balaban J connectivity index is 1.91. The highest BCUT2D eigenvalue weighted by Crippen LogP contribution is 2.24. The number of aromatic nitrogens is 2. The second kappa shape index (κ2) is 8.64. The van der Waals surface area contributed by atoms with Crippen LogP contribution in [0.15, 0.2) is 24.4 Å². The highest BCUT2D eigenvalue weighted by molar-refractivity contribution is 5.94. The van der Waals surface area contributed by atoms with Crippen molar-refractivity contribution in [3.63, 3.8) is 0 Å². The van der Waals surface area contributed by atoms with E-state index in [4.69, 9.17) is 0 Å². The number of unbranched alkanes of at least 4 members (excludes halogenated alkanes) is 1. The van der Waals surface area contributed by atoms with Gasteiger partial charge in [0.25, 0.3) is 5.91 Å². The minimum atomic E-state index is -0.00458. The Morgan fingerprint density at radius 2 is 2.27 bits per heavy atom. The van der Waals surface area contributed by atoms with Crippen molar-refractivity contribution < 1.29 is 9.90 Å². The maximum absolute atomic E-state index is 13.0. The summed E-state index contributed by atoms with van der Waals surface area (Å²) in [5, 5.41) is 9.34. The summed E-state index contributed by atoms with van der Waals surface area (Å²) in [7, 11) is 1.86. The third-order valence-electron chi connectivity index (χ3n) is 5.34. The van der Waals surface area contributed by atoms with Gasteiger partial charge in [0.05, 0.1) is 5.69 Å². The van der Waals surface area contributed by atoms with Crippen molar-refractivity contribution >= 4 is 11.6 Å². The molecule has 6 nitrogen and oxygen atoms in total. The molecule has 0 bridgehead atoms. The average molecular weight is 358 g/mol. The first-order valence-corrected chi connectivity index (χ1v) is 9.72. The predicted octanol–water partition coefficient (Wildman–Crippen LogP) is 2.55. The third kappa shape index (κ3) is 3.91. The molecule has 2 aromatic heterocycles. The molecule has 26 heavy (non-hydrogen) atoms. The van der Waals surface area contributed by atoms with Gasteiger partial charge in [0.1, 0.15) is 5.65 Å². The van der Waals surface area contributed by atoms with Crippen LogP contribution in [-0.2, 0) is 6.54 Å². The number of nitrogens with zero attached hydrogens (tertiary/aromatic N) is 4. The van der Waals surface area contributed by atoms with Gasteiger partial charge >= 0.3 is 0 Å². The Morgan fingerprint density at radius 3 is 3.04 bits per heavy atom. The summed E-state index contributed by atoms with van der Waals surface area (Å²) in [4.78, 5) is 21.8. The number of hydrogen-bond donors (Lipinski definition) is 1. The molecule has 1 atom stereocenters. The maximum atomic E-state index is 13.0. The summed E-state index contributed by atoms with van der Waals surface area (Å²) >= 11 is 0. The molecule has 0 aliphatic carbocycles. The Labute approximate surface area is 155 Å². The molecule has 1 aliphatic rings. The van der Waals surface area contributed by atoms with E-state index in [1.54, 1.807) is 4.90 Å². The molecule has 142 valence electrons. The van der Waals surface area contributed by atoms with Crippen molar-refractivity contribution in [1.29, 1.82) is 0 Å². The largest absolute Gasteiger partial charge is 0.396 e. The summed E-state index contributed by atoms with van der Waals surface area (Å²) in [6.45, 7) is 4.78. The number of fused-ring (bicyclic) bond motifs is 1. The molecule has 0 unspecified atom stereocenters. The third-order valence-corrected chi connectivity index (χ3v) is 5.34. The van der Waals surface area contributed by atoms with Crippen LogP contribution in [-0.4, -0.2) is 63.0 Å². The number of imidazole rings is 1. The number of rotatable bonds is 8. The zero-order valence-electron chi connectivity index (χ0n) is 15.9. The molecule has 3 rings (SSSR count). The van der Waals surface area contributed by atoms with Crippen LogP contribution in [0.3, 0.4) is 0 Å². The van der Waals surface area contributed by atoms with Crippen LogP contribution in [0.5, 0.6) is 0 Å². The van der Waals surface area contributed by atoms with Gasteiger partial charge < -0.3 is 14.4 Å². The van der Waals surface area contributed by atoms with Gasteiger partial charge in [0.2, 0.25) is 0 Å². The van der Waals surface area contributed by atoms with Gasteiger partial charge in [0.15, 0.2) is 5.69 Å². The lowest BCUT2D eigenvalue weighted by Crippen LogP contribution is -2.33. The van der Waals surface area contributed by atoms with Crippen molar-refractivity contribution in [3.8, 4) is 0 Å². The molecule has 1 aliphatic heterocycles. The predicted molar refractivity (Wildman–Crippen MR) is 102 cm³/mol. The van der Waals surface area contributed by atoms with Crippen molar-refractivity contribution in [1.82, 2.24) is 19.2 Å². The van der Waals surface area contributed by atoms with Gasteiger partial charge in [-0.2, -0.15) is 0 Å². The van der Waals surface area contributed by atoms with E-state index < -0.39 is 0 Å². The second-order valence-corrected chi connectivity index (χ2v) is 7.20. The van der Waals surface area contributed by atoms with Gasteiger partial charge in [0, 0.05) is 39.0 Å². The average Bonchev–Trinajstić information content (AvgIpc) is 3.24. The quantitative estimate of drug-likeness (QED) is 0.788. The lowest BCUT2D eigenvalue weighted by molar-refractivity contribution is 0.0785. The maximum Gasteiger partial charge on any atom is 0.274 e. The van der Waals surface area contributed by atoms with Crippen LogP contribution < -0.4 is 0 Å². The molecule has 1 amide bonds. The topological polar surface area (TPSA) is 61.1 Å². The van der Waals surface area contributed by atoms with Gasteiger partial charge in [-0.3, -0.25) is 9.69 Å². The first kappa shape index (κ1) is 18.9. The SMILES string of the molecule is CCCCN(C)C(=O)c1nc2ccccn2c1CN1CCC[C@H]1CCO. The van der Waals surface area contributed by atoms with Gasteiger partial charge in [-0.15, -0.1) is 0 Å². The van der Waals surface area contributed by atoms with Crippen LogP contribution in [0.25, 0.3) is 5.65 Å². The second-order valence-electron chi connectivity index (χ2n) is 7.20. The van der Waals surface area contributed by atoms with Crippen molar-refractivity contribution in [3.05, 3.63) is 35.8 Å². The molecule has 1 saturated heterocycles. The summed E-state index contributed by atoms with van der Waals surface area (Å²) in [5.74, 6) is -0.00458.